The molecule has 1 fully saturated rings. The summed E-state index contributed by atoms with van der Waals surface area (Å²) in [5.41, 5.74) is 4.92. The highest BCUT2D eigenvalue weighted by atomic mass is 19.1. The minimum atomic E-state index is -0.757. The second-order valence-corrected chi connectivity index (χ2v) is 9.69. The number of hydrogen-bond acceptors (Lipinski definition) is 7. The molecule has 0 bridgehead atoms. The average molecular weight is 544 g/mol. The molecule has 206 valence electrons. The normalized spacial score (nSPS) is 14.9. The van der Waals surface area contributed by atoms with E-state index in [2.05, 4.69) is 32.3 Å². The highest BCUT2D eigenvalue weighted by molar-refractivity contribution is 6.22. The molecule has 2 heterocycles. The predicted molar refractivity (Wildman–Crippen MR) is 151 cm³/mol. The summed E-state index contributed by atoms with van der Waals surface area (Å²) >= 11 is 0. The number of aldehydes is 1. The van der Waals surface area contributed by atoms with Gasteiger partial charge < -0.3 is 15.0 Å². The Morgan fingerprint density at radius 1 is 1.10 bits per heavy atom. The van der Waals surface area contributed by atoms with E-state index >= 15 is 4.39 Å². The highest BCUT2D eigenvalue weighted by Crippen LogP contribution is 2.32. The van der Waals surface area contributed by atoms with E-state index in [-0.39, 0.29) is 17.1 Å². The molecule has 1 aromatic heterocycles. The van der Waals surface area contributed by atoms with Crippen LogP contribution in [0.25, 0.3) is 10.9 Å². The number of aromatic hydroxyl groups is 1. The van der Waals surface area contributed by atoms with Crippen LogP contribution in [0, 0.1) is 5.82 Å². The first kappa shape index (κ1) is 27.2. The van der Waals surface area contributed by atoms with E-state index in [1.807, 2.05) is 30.3 Å². The van der Waals surface area contributed by atoms with Crippen LogP contribution < -0.4 is 5.48 Å². The number of aliphatic imine (C=N–C) groups is 1. The SMILES string of the molecule is CN1CCN(CCONC(=O)c2ccc(N=C(c3ccccc3)c3c(O)[nH]c4cc(C=O)ccc34)cc2F)CC1. The summed E-state index contributed by atoms with van der Waals surface area (Å²) in [6.07, 6.45) is 0.724. The molecule has 3 N–H and O–H groups in total. The second-order valence-electron chi connectivity index (χ2n) is 9.69. The van der Waals surface area contributed by atoms with Gasteiger partial charge in [0.05, 0.1) is 29.1 Å². The number of aromatic nitrogens is 1. The summed E-state index contributed by atoms with van der Waals surface area (Å²) in [4.78, 5) is 41.1. The number of likely N-dealkylation sites (N-methyl/N-ethyl adjacent to an activating group) is 1. The van der Waals surface area contributed by atoms with Gasteiger partial charge in [0.15, 0.2) is 5.88 Å². The van der Waals surface area contributed by atoms with E-state index < -0.39 is 11.7 Å². The molecule has 0 unspecified atom stereocenters. The molecule has 3 aromatic carbocycles. The first-order valence-electron chi connectivity index (χ1n) is 13.0. The van der Waals surface area contributed by atoms with Gasteiger partial charge in [0, 0.05) is 60.8 Å². The van der Waals surface area contributed by atoms with Crippen molar-refractivity contribution in [3.05, 3.63) is 94.8 Å². The molecule has 1 aliphatic heterocycles. The number of fused-ring (bicyclic) bond motifs is 1. The first-order valence-corrected chi connectivity index (χ1v) is 13.0. The lowest BCUT2D eigenvalue weighted by Crippen LogP contribution is -2.45. The lowest BCUT2D eigenvalue weighted by molar-refractivity contribution is 0.0174. The maximum atomic E-state index is 15.1. The minimum absolute atomic E-state index is 0.133. The van der Waals surface area contributed by atoms with Crippen LogP contribution in [0.4, 0.5) is 10.1 Å². The number of benzene rings is 3. The number of carbonyl (C=O) groups excluding carboxylic acids is 2. The number of carbonyl (C=O) groups is 2. The molecule has 0 saturated carbocycles. The van der Waals surface area contributed by atoms with Gasteiger partial charge in [-0.25, -0.2) is 14.9 Å². The molecular weight excluding hydrogens is 513 g/mol. The van der Waals surface area contributed by atoms with Gasteiger partial charge >= 0.3 is 0 Å². The van der Waals surface area contributed by atoms with Crippen LogP contribution in [-0.4, -0.2) is 84.2 Å². The van der Waals surface area contributed by atoms with Crippen molar-refractivity contribution in [1.82, 2.24) is 20.3 Å². The number of aromatic amines is 1. The molecule has 4 aromatic rings. The number of hydrogen-bond donors (Lipinski definition) is 3. The molecular formula is C30H30FN5O4. The Kier molecular flexibility index (Phi) is 8.30. The quantitative estimate of drug-likeness (QED) is 0.128. The maximum absolute atomic E-state index is 15.1. The number of amides is 1. The highest BCUT2D eigenvalue weighted by Gasteiger charge is 2.20. The molecule has 0 aliphatic carbocycles. The van der Waals surface area contributed by atoms with Crippen molar-refractivity contribution in [3.8, 4) is 5.88 Å². The van der Waals surface area contributed by atoms with Crippen molar-refractivity contribution in [1.29, 1.82) is 0 Å². The van der Waals surface area contributed by atoms with Crippen LogP contribution in [0.1, 0.15) is 31.8 Å². The molecule has 9 nitrogen and oxygen atoms in total. The Labute approximate surface area is 230 Å². The second kappa shape index (κ2) is 12.2. The van der Waals surface area contributed by atoms with Crippen molar-refractivity contribution in [2.45, 2.75) is 0 Å². The number of piperazine rings is 1. The Morgan fingerprint density at radius 3 is 2.60 bits per heavy atom. The van der Waals surface area contributed by atoms with Gasteiger partial charge in [-0.2, -0.15) is 0 Å². The van der Waals surface area contributed by atoms with Gasteiger partial charge in [-0.15, -0.1) is 0 Å². The minimum Gasteiger partial charge on any atom is -0.494 e. The zero-order chi connectivity index (χ0) is 28.1. The molecule has 0 atom stereocenters. The molecule has 1 amide bonds. The van der Waals surface area contributed by atoms with Crippen molar-refractivity contribution in [2.75, 3.05) is 46.4 Å². The molecule has 40 heavy (non-hydrogen) atoms. The van der Waals surface area contributed by atoms with E-state index in [9.17, 15) is 14.7 Å². The van der Waals surface area contributed by atoms with E-state index in [4.69, 9.17) is 4.84 Å². The van der Waals surface area contributed by atoms with E-state index in [0.29, 0.717) is 46.5 Å². The summed E-state index contributed by atoms with van der Waals surface area (Å²) in [6, 6.07) is 18.2. The molecule has 1 aliphatic rings. The Bertz CT molecular complexity index is 1540. The topological polar surface area (TPSA) is 110 Å². The molecule has 0 radical (unpaired) electrons. The third-order valence-corrected chi connectivity index (χ3v) is 6.93. The summed E-state index contributed by atoms with van der Waals surface area (Å²) in [7, 11) is 2.08. The lowest BCUT2D eigenvalue weighted by Gasteiger charge is -2.32. The van der Waals surface area contributed by atoms with Gasteiger partial charge in [-0.05, 0) is 25.2 Å². The molecule has 0 spiro atoms. The molecule has 5 rings (SSSR count). The number of H-pyrrole nitrogens is 1. The van der Waals surface area contributed by atoms with Gasteiger partial charge in [0.25, 0.3) is 5.91 Å². The molecule has 10 heteroatoms. The summed E-state index contributed by atoms with van der Waals surface area (Å²) in [5.74, 6) is -1.58. The zero-order valence-corrected chi connectivity index (χ0v) is 22.1. The van der Waals surface area contributed by atoms with Gasteiger partial charge in [-0.1, -0.05) is 42.5 Å². The van der Waals surface area contributed by atoms with Crippen LogP contribution in [0.15, 0.2) is 71.7 Å². The zero-order valence-electron chi connectivity index (χ0n) is 22.1. The number of nitrogens with one attached hydrogen (secondary N) is 2. The van der Waals surface area contributed by atoms with Crippen LogP contribution in [-0.2, 0) is 4.84 Å². The van der Waals surface area contributed by atoms with Crippen molar-refractivity contribution in [2.24, 2.45) is 4.99 Å². The van der Waals surface area contributed by atoms with Crippen molar-refractivity contribution in [3.63, 3.8) is 0 Å². The summed E-state index contributed by atoms with van der Waals surface area (Å²) in [5, 5.41) is 11.5. The third kappa shape index (κ3) is 6.09. The number of rotatable bonds is 9. The summed E-state index contributed by atoms with van der Waals surface area (Å²) in [6.45, 7) is 4.81. The van der Waals surface area contributed by atoms with Gasteiger partial charge in [-0.3, -0.25) is 19.3 Å². The summed E-state index contributed by atoms with van der Waals surface area (Å²) < 4.78 is 15.1. The Hall–Kier alpha value is -4.38. The standard InChI is InChI=1S/C30H30FN5O4/c1-35-11-13-36(14-12-35)15-16-40-34-29(38)23-10-8-22(18-25(23)31)32-28(21-5-3-2-4-6-21)27-24-9-7-20(19-37)17-26(24)33-30(27)39/h2-10,17-19,33,39H,11-16H2,1H3,(H,34,38). The maximum Gasteiger partial charge on any atom is 0.277 e. The van der Waals surface area contributed by atoms with Crippen LogP contribution >= 0.6 is 0 Å². The third-order valence-electron chi connectivity index (χ3n) is 6.93. The predicted octanol–water partition coefficient (Wildman–Crippen LogP) is 3.90. The Morgan fingerprint density at radius 2 is 1.88 bits per heavy atom. The van der Waals surface area contributed by atoms with Crippen LogP contribution in [0.3, 0.4) is 0 Å². The van der Waals surface area contributed by atoms with Gasteiger partial charge in [0.1, 0.15) is 12.1 Å². The van der Waals surface area contributed by atoms with Crippen LogP contribution in [0.5, 0.6) is 5.88 Å². The fourth-order valence-corrected chi connectivity index (χ4v) is 4.68. The van der Waals surface area contributed by atoms with Crippen LogP contribution in [0.2, 0.25) is 0 Å². The first-order chi connectivity index (χ1) is 19.4. The number of hydroxylamine groups is 1. The van der Waals surface area contributed by atoms with Crippen molar-refractivity contribution < 1.29 is 23.9 Å². The van der Waals surface area contributed by atoms with E-state index in [0.717, 1.165) is 32.5 Å². The number of nitrogens with zero attached hydrogens (tertiary/aromatic N) is 3. The lowest BCUT2D eigenvalue weighted by atomic mass is 10.00. The van der Waals surface area contributed by atoms with E-state index in [1.165, 1.54) is 18.2 Å². The van der Waals surface area contributed by atoms with E-state index in [1.54, 1.807) is 18.2 Å². The number of halogens is 1. The van der Waals surface area contributed by atoms with Crippen molar-refractivity contribution >= 4 is 34.5 Å². The average Bonchev–Trinajstić information content (AvgIpc) is 3.29. The largest absolute Gasteiger partial charge is 0.494 e. The molecule has 1 saturated heterocycles. The smallest absolute Gasteiger partial charge is 0.277 e. The van der Waals surface area contributed by atoms with Gasteiger partial charge in [0.2, 0.25) is 0 Å². The Balaban J connectivity index is 1.36. The monoisotopic (exact) mass is 543 g/mol. The fourth-order valence-electron chi connectivity index (χ4n) is 4.68. The fraction of sp³-hybridized carbons (Fsp3) is 0.233.